The van der Waals surface area contributed by atoms with Gasteiger partial charge in [0.2, 0.25) is 0 Å². The Balaban J connectivity index is 2.31. The summed E-state index contributed by atoms with van der Waals surface area (Å²) in [4.78, 5) is 11.4. The van der Waals surface area contributed by atoms with Crippen molar-refractivity contribution in [3.8, 4) is 0 Å². The van der Waals surface area contributed by atoms with Crippen molar-refractivity contribution in [1.29, 1.82) is 0 Å². The number of thiophene rings is 1. The van der Waals surface area contributed by atoms with E-state index in [0.717, 1.165) is 11.3 Å². The minimum absolute atomic E-state index is 0.234. The smallest absolute Gasteiger partial charge is 0.477 e. The summed E-state index contributed by atoms with van der Waals surface area (Å²) in [6, 6.07) is 1.70. The lowest BCUT2D eigenvalue weighted by molar-refractivity contribution is 0.00578. The lowest BCUT2D eigenvalue weighted by Gasteiger charge is -2.32. The van der Waals surface area contributed by atoms with Crippen molar-refractivity contribution in [2.24, 2.45) is 0 Å². The molecule has 1 saturated heterocycles. The van der Waals surface area contributed by atoms with Crippen LogP contribution < -0.4 is 0 Å². The topological polar surface area (TPSA) is 76.0 Å². The molecule has 114 valence electrons. The van der Waals surface area contributed by atoms with Gasteiger partial charge in [0.15, 0.2) is 0 Å². The van der Waals surface area contributed by atoms with E-state index in [1.54, 1.807) is 17.5 Å². The zero-order valence-corrected chi connectivity index (χ0v) is 13.4. The maximum atomic E-state index is 11.1. The van der Waals surface area contributed by atoms with Crippen LogP contribution in [0.3, 0.4) is 0 Å². The molecule has 0 atom stereocenters. The second-order valence-electron chi connectivity index (χ2n) is 5.98. The van der Waals surface area contributed by atoms with Gasteiger partial charge in [-0.25, -0.2) is 4.79 Å². The molecule has 1 aromatic rings. The van der Waals surface area contributed by atoms with E-state index in [9.17, 15) is 9.90 Å². The highest BCUT2D eigenvalue weighted by Crippen LogP contribution is 2.38. The summed E-state index contributed by atoms with van der Waals surface area (Å²) in [6.07, 6.45) is 1.63. The number of rotatable bonds is 4. The molecule has 2 rings (SSSR count). The van der Waals surface area contributed by atoms with Crippen LogP contribution in [0.1, 0.15) is 42.9 Å². The van der Waals surface area contributed by atoms with Crippen molar-refractivity contribution in [2.45, 2.75) is 38.9 Å². The molecule has 0 radical (unpaired) electrons. The normalized spacial score (nSPS) is 20.8. The van der Waals surface area contributed by atoms with E-state index in [2.05, 4.69) is 0 Å². The van der Waals surface area contributed by atoms with Crippen molar-refractivity contribution in [3.05, 3.63) is 27.4 Å². The average molecular weight is 310 g/mol. The average Bonchev–Trinajstić information content (AvgIpc) is 2.89. The Morgan fingerprint density at radius 2 is 1.90 bits per heavy atom. The quantitative estimate of drug-likeness (QED) is 0.836. The molecule has 0 bridgehead atoms. The maximum Gasteiger partial charge on any atom is 0.492 e. The number of carboxylic acids is 1. The fourth-order valence-electron chi connectivity index (χ4n) is 1.99. The molecular formula is C14H19BO5S. The van der Waals surface area contributed by atoms with E-state index in [1.165, 1.54) is 0 Å². The number of carbonyl (C=O) groups is 1. The summed E-state index contributed by atoms with van der Waals surface area (Å²) in [5, 5.41) is 20.4. The zero-order chi connectivity index (χ0) is 15.8. The highest BCUT2D eigenvalue weighted by atomic mass is 32.1. The van der Waals surface area contributed by atoms with Gasteiger partial charge in [0.25, 0.3) is 0 Å². The lowest BCUT2D eigenvalue weighted by atomic mass is 9.77. The third kappa shape index (κ3) is 3.06. The third-order valence-corrected chi connectivity index (χ3v) is 4.89. The molecule has 0 unspecified atom stereocenters. The Morgan fingerprint density at radius 3 is 2.38 bits per heavy atom. The lowest BCUT2D eigenvalue weighted by Crippen LogP contribution is -2.41. The van der Waals surface area contributed by atoms with Crippen molar-refractivity contribution >= 4 is 30.5 Å². The fourth-order valence-corrected chi connectivity index (χ4v) is 2.70. The van der Waals surface area contributed by atoms with Gasteiger partial charge in [-0.2, -0.15) is 0 Å². The zero-order valence-electron chi connectivity index (χ0n) is 12.5. The first-order valence-electron chi connectivity index (χ1n) is 6.66. The van der Waals surface area contributed by atoms with E-state index >= 15 is 0 Å². The van der Waals surface area contributed by atoms with Crippen molar-refractivity contribution in [3.63, 3.8) is 0 Å². The molecule has 0 saturated carbocycles. The Kier molecular flexibility index (Phi) is 4.30. The molecule has 1 aliphatic heterocycles. The monoisotopic (exact) mass is 310 g/mol. The summed E-state index contributed by atoms with van der Waals surface area (Å²) >= 11 is 1.14. The molecule has 7 heteroatoms. The van der Waals surface area contributed by atoms with Crippen molar-refractivity contribution in [1.82, 2.24) is 0 Å². The Labute approximate surface area is 128 Å². The number of hydrogen-bond donors (Lipinski definition) is 2. The van der Waals surface area contributed by atoms with Crippen molar-refractivity contribution in [2.75, 3.05) is 6.61 Å². The van der Waals surface area contributed by atoms with E-state index in [1.807, 2.05) is 27.7 Å². The molecule has 5 nitrogen and oxygen atoms in total. The van der Waals surface area contributed by atoms with Gasteiger partial charge in [0.05, 0.1) is 17.8 Å². The van der Waals surface area contributed by atoms with Crippen LogP contribution in [0.5, 0.6) is 0 Å². The predicted molar refractivity (Wildman–Crippen MR) is 82.4 cm³/mol. The van der Waals surface area contributed by atoms with E-state index in [0.29, 0.717) is 11.0 Å². The molecule has 1 aromatic heterocycles. The maximum absolute atomic E-state index is 11.1. The number of aliphatic hydroxyl groups is 1. The van der Waals surface area contributed by atoms with E-state index < -0.39 is 24.3 Å². The van der Waals surface area contributed by atoms with E-state index in [4.69, 9.17) is 14.4 Å². The fraction of sp³-hybridized carbons (Fsp3) is 0.500. The Hall–Kier alpha value is -1.15. The Morgan fingerprint density at radius 1 is 1.33 bits per heavy atom. The number of hydrogen-bond acceptors (Lipinski definition) is 5. The van der Waals surface area contributed by atoms with Gasteiger partial charge in [-0.05, 0) is 50.2 Å². The van der Waals surface area contributed by atoms with Gasteiger partial charge in [-0.15, -0.1) is 11.3 Å². The first-order chi connectivity index (χ1) is 9.68. The number of aliphatic hydroxyl groups excluding tert-OH is 1. The highest BCUT2D eigenvalue weighted by molar-refractivity contribution is 7.12. The summed E-state index contributed by atoms with van der Waals surface area (Å²) in [7, 11) is -0.679. The molecule has 0 aliphatic carbocycles. The van der Waals surface area contributed by atoms with Crippen LogP contribution >= 0.6 is 11.3 Å². The summed E-state index contributed by atoms with van der Waals surface area (Å²) < 4.78 is 11.7. The van der Waals surface area contributed by atoms with Crippen LogP contribution in [0.2, 0.25) is 0 Å². The second kappa shape index (κ2) is 5.57. The summed E-state index contributed by atoms with van der Waals surface area (Å²) in [6.45, 7) is 7.45. The van der Waals surface area contributed by atoms with Crippen LogP contribution in [0.25, 0.3) is 6.08 Å². The summed E-state index contributed by atoms with van der Waals surface area (Å²) in [5.74, 6) is -0.984. The first kappa shape index (κ1) is 16.2. The van der Waals surface area contributed by atoms with Crippen LogP contribution in [0.15, 0.2) is 16.9 Å². The molecule has 0 aromatic carbocycles. The van der Waals surface area contributed by atoms with Gasteiger partial charge in [-0.1, -0.05) is 6.08 Å². The summed E-state index contributed by atoms with van der Waals surface area (Å²) in [5.41, 5.74) is 0.0488. The highest BCUT2D eigenvalue weighted by Gasteiger charge is 2.52. The Bertz CT molecular complexity index is 560. The van der Waals surface area contributed by atoms with Crippen LogP contribution in [0.4, 0.5) is 0 Å². The van der Waals surface area contributed by atoms with Crippen LogP contribution in [-0.2, 0) is 9.31 Å². The van der Waals surface area contributed by atoms with Crippen LogP contribution in [0, 0.1) is 0 Å². The first-order valence-corrected chi connectivity index (χ1v) is 7.53. The molecule has 2 N–H and O–H groups in total. The van der Waals surface area contributed by atoms with Gasteiger partial charge in [0.1, 0.15) is 4.88 Å². The molecule has 1 aliphatic rings. The van der Waals surface area contributed by atoms with Crippen LogP contribution in [-0.4, -0.2) is 41.1 Å². The predicted octanol–water partition coefficient (Wildman–Crippen LogP) is 2.45. The molecule has 0 spiro atoms. The molecule has 21 heavy (non-hydrogen) atoms. The SMILES string of the molecule is CC1(C)OB(C(=Cc2ccsc2C(=O)O)CO)OC1(C)C. The third-order valence-electron chi connectivity index (χ3n) is 3.97. The number of aromatic carboxylic acids is 1. The minimum Gasteiger partial charge on any atom is -0.477 e. The van der Waals surface area contributed by atoms with E-state index in [-0.39, 0.29) is 11.5 Å². The second-order valence-corrected chi connectivity index (χ2v) is 6.89. The van der Waals surface area contributed by atoms with Crippen molar-refractivity contribution < 1.29 is 24.3 Å². The number of carboxylic acid groups (broad SMARTS) is 1. The van der Waals surface area contributed by atoms with Gasteiger partial charge in [0, 0.05) is 0 Å². The van der Waals surface area contributed by atoms with Gasteiger partial charge >= 0.3 is 13.1 Å². The standard InChI is InChI=1S/C14H19BO5S/c1-13(2)14(3,4)20-15(19-13)10(8-16)7-9-5-6-21-11(9)12(17)18/h5-7,16H,8H2,1-4H3,(H,17,18). The minimum atomic E-state index is -0.984. The van der Waals surface area contributed by atoms with Gasteiger partial charge < -0.3 is 19.5 Å². The largest absolute Gasteiger partial charge is 0.492 e. The molecule has 1 fully saturated rings. The molecular weight excluding hydrogens is 291 g/mol. The van der Waals surface area contributed by atoms with Gasteiger partial charge in [-0.3, -0.25) is 0 Å². The molecule has 0 amide bonds. The molecule has 2 heterocycles.